The number of hydrogen-bond acceptors (Lipinski definition) is 4. The van der Waals surface area contributed by atoms with Crippen LogP contribution in [0.5, 0.6) is 0 Å². The smallest absolute Gasteiger partial charge is 0.305 e. The van der Waals surface area contributed by atoms with Crippen LogP contribution in [-0.2, 0) is 14.3 Å². The number of aliphatic hydroxyl groups excluding tert-OH is 1. The van der Waals surface area contributed by atoms with Gasteiger partial charge in [-0.3, -0.25) is 9.59 Å². The predicted octanol–water partition coefficient (Wildman–Crippen LogP) is 2.01. The Balaban J connectivity index is 0.000000318. The third-order valence-electron chi connectivity index (χ3n) is 2.38. The Morgan fingerprint density at radius 2 is 2.18 bits per heavy atom. The quantitative estimate of drug-likeness (QED) is 0.591. The Labute approximate surface area is 103 Å². The lowest BCUT2D eigenvalue weighted by Gasteiger charge is -1.97. The number of ether oxygens (including phenoxy) is 1. The molecule has 0 saturated carbocycles. The number of unbranched alkanes of at least 4 members (excludes halogenated alkanes) is 3. The van der Waals surface area contributed by atoms with Crippen molar-refractivity contribution < 1.29 is 19.4 Å². The zero-order valence-electron chi connectivity index (χ0n) is 10.6. The molecule has 1 aliphatic rings. The van der Waals surface area contributed by atoms with Gasteiger partial charge in [-0.15, -0.1) is 0 Å². The molecule has 4 heteroatoms. The molecular weight excluding hydrogens is 220 g/mol. The van der Waals surface area contributed by atoms with Crippen LogP contribution in [0.15, 0.2) is 12.2 Å². The van der Waals surface area contributed by atoms with E-state index >= 15 is 0 Å². The van der Waals surface area contributed by atoms with E-state index in [2.05, 4.69) is 11.7 Å². The molecule has 0 saturated heterocycles. The van der Waals surface area contributed by atoms with Gasteiger partial charge >= 0.3 is 5.97 Å². The van der Waals surface area contributed by atoms with Gasteiger partial charge in [0.05, 0.1) is 13.2 Å². The summed E-state index contributed by atoms with van der Waals surface area (Å²) in [6, 6.07) is 0. The molecule has 0 aromatic rings. The van der Waals surface area contributed by atoms with Crippen LogP contribution in [0, 0.1) is 0 Å². The molecule has 1 N–H and O–H groups in total. The molecule has 1 unspecified atom stereocenters. The molecule has 98 valence electrons. The van der Waals surface area contributed by atoms with Gasteiger partial charge in [-0.2, -0.15) is 0 Å². The van der Waals surface area contributed by atoms with Crippen LogP contribution in [0.3, 0.4) is 0 Å². The summed E-state index contributed by atoms with van der Waals surface area (Å²) in [6.45, 7) is 2.15. The maximum Gasteiger partial charge on any atom is 0.305 e. The van der Waals surface area contributed by atoms with Crippen molar-refractivity contribution in [1.82, 2.24) is 0 Å². The fraction of sp³-hybridized carbons (Fsp3) is 0.692. The van der Waals surface area contributed by atoms with Crippen LogP contribution >= 0.6 is 0 Å². The summed E-state index contributed by atoms with van der Waals surface area (Å²) in [5.74, 6) is -0.0661. The van der Waals surface area contributed by atoms with Crippen molar-refractivity contribution in [2.75, 3.05) is 7.11 Å². The molecule has 0 aromatic heterocycles. The number of allylic oxidation sites excluding steroid dienone is 1. The van der Waals surface area contributed by atoms with E-state index in [1.54, 1.807) is 0 Å². The van der Waals surface area contributed by atoms with Crippen molar-refractivity contribution in [1.29, 1.82) is 0 Å². The zero-order chi connectivity index (χ0) is 13.1. The largest absolute Gasteiger partial charge is 0.469 e. The standard InChI is InChI=1S/C8H16O2.C5H6O2/c1-3-4-5-6-7-8(9)10-2;6-4-1-2-5(7)3-4/h3-7H2,1-2H3;1-2,4,6H,3H2. The normalized spacial score (nSPS) is 17.6. The van der Waals surface area contributed by atoms with Crippen molar-refractivity contribution in [3.8, 4) is 0 Å². The maximum absolute atomic E-state index is 10.6. The van der Waals surface area contributed by atoms with E-state index in [1.807, 2.05) is 0 Å². The number of ketones is 1. The molecule has 17 heavy (non-hydrogen) atoms. The molecule has 0 heterocycles. The number of hydrogen-bond donors (Lipinski definition) is 1. The summed E-state index contributed by atoms with van der Waals surface area (Å²) in [4.78, 5) is 20.8. The monoisotopic (exact) mass is 242 g/mol. The lowest BCUT2D eigenvalue weighted by Crippen LogP contribution is -1.99. The molecule has 1 rings (SSSR count). The highest BCUT2D eigenvalue weighted by Crippen LogP contribution is 2.03. The van der Waals surface area contributed by atoms with Gasteiger partial charge in [0.25, 0.3) is 0 Å². The first-order valence-electron chi connectivity index (χ1n) is 6.06. The molecule has 0 radical (unpaired) electrons. The van der Waals surface area contributed by atoms with Gasteiger partial charge in [0.2, 0.25) is 0 Å². The highest BCUT2D eigenvalue weighted by molar-refractivity contribution is 5.92. The fourth-order valence-electron chi connectivity index (χ4n) is 1.36. The lowest BCUT2D eigenvalue weighted by molar-refractivity contribution is -0.140. The number of esters is 1. The van der Waals surface area contributed by atoms with Crippen molar-refractivity contribution >= 4 is 11.8 Å². The average Bonchev–Trinajstić information content (AvgIpc) is 2.69. The second-order valence-electron chi connectivity index (χ2n) is 3.98. The van der Waals surface area contributed by atoms with Gasteiger partial charge in [-0.05, 0) is 12.5 Å². The SMILES string of the molecule is CCCCCCC(=O)OC.O=C1C=CC(O)C1. The number of methoxy groups -OCH3 is 1. The highest BCUT2D eigenvalue weighted by Gasteiger charge is 2.10. The van der Waals surface area contributed by atoms with Crippen molar-refractivity contribution in [2.24, 2.45) is 0 Å². The molecule has 4 nitrogen and oxygen atoms in total. The van der Waals surface area contributed by atoms with Gasteiger partial charge in [0.1, 0.15) is 0 Å². The third kappa shape index (κ3) is 9.75. The van der Waals surface area contributed by atoms with E-state index in [1.165, 1.54) is 32.1 Å². The summed E-state index contributed by atoms with van der Waals surface area (Å²) in [7, 11) is 1.43. The van der Waals surface area contributed by atoms with Gasteiger partial charge < -0.3 is 9.84 Å². The third-order valence-corrected chi connectivity index (χ3v) is 2.38. The Morgan fingerprint density at radius 3 is 2.53 bits per heavy atom. The van der Waals surface area contributed by atoms with Gasteiger partial charge in [0.15, 0.2) is 5.78 Å². The minimum absolute atomic E-state index is 0.0208. The highest BCUT2D eigenvalue weighted by atomic mass is 16.5. The Morgan fingerprint density at radius 1 is 1.47 bits per heavy atom. The minimum atomic E-state index is -0.507. The molecule has 1 aliphatic carbocycles. The molecule has 0 aromatic carbocycles. The molecule has 0 spiro atoms. The molecule has 0 aliphatic heterocycles. The van der Waals surface area contributed by atoms with E-state index in [-0.39, 0.29) is 18.2 Å². The van der Waals surface area contributed by atoms with E-state index in [4.69, 9.17) is 5.11 Å². The molecule has 1 atom stereocenters. The van der Waals surface area contributed by atoms with Crippen LogP contribution in [-0.4, -0.2) is 30.1 Å². The maximum atomic E-state index is 10.6. The summed E-state index contributed by atoms with van der Waals surface area (Å²) >= 11 is 0. The van der Waals surface area contributed by atoms with E-state index in [0.717, 1.165) is 12.8 Å². The van der Waals surface area contributed by atoms with Crippen LogP contribution < -0.4 is 0 Å². The number of carbonyl (C=O) groups excluding carboxylic acids is 2. The summed E-state index contributed by atoms with van der Waals surface area (Å²) < 4.78 is 4.49. The fourth-order valence-corrected chi connectivity index (χ4v) is 1.36. The van der Waals surface area contributed by atoms with E-state index in [0.29, 0.717) is 6.42 Å². The summed E-state index contributed by atoms with van der Waals surface area (Å²) in [6.07, 6.45) is 7.81. The zero-order valence-corrected chi connectivity index (χ0v) is 10.6. The van der Waals surface area contributed by atoms with Crippen molar-refractivity contribution in [3.05, 3.63) is 12.2 Å². The van der Waals surface area contributed by atoms with Crippen LogP contribution in [0.2, 0.25) is 0 Å². The minimum Gasteiger partial charge on any atom is -0.469 e. The Bertz CT molecular complexity index is 258. The number of carbonyl (C=O) groups is 2. The van der Waals surface area contributed by atoms with E-state index in [9.17, 15) is 9.59 Å². The van der Waals surface area contributed by atoms with Gasteiger partial charge in [0, 0.05) is 12.8 Å². The first kappa shape index (κ1) is 15.8. The number of aliphatic hydroxyl groups is 1. The van der Waals surface area contributed by atoms with Crippen LogP contribution in [0.1, 0.15) is 45.4 Å². The average molecular weight is 242 g/mol. The number of rotatable bonds is 5. The summed E-state index contributed by atoms with van der Waals surface area (Å²) in [5.41, 5.74) is 0. The summed E-state index contributed by atoms with van der Waals surface area (Å²) in [5, 5.41) is 8.59. The Hall–Kier alpha value is -1.16. The molecule has 0 fully saturated rings. The topological polar surface area (TPSA) is 63.6 Å². The lowest BCUT2D eigenvalue weighted by atomic mass is 10.2. The second-order valence-corrected chi connectivity index (χ2v) is 3.98. The van der Waals surface area contributed by atoms with Crippen molar-refractivity contribution in [3.63, 3.8) is 0 Å². The van der Waals surface area contributed by atoms with Gasteiger partial charge in [-0.25, -0.2) is 0 Å². The van der Waals surface area contributed by atoms with E-state index < -0.39 is 6.10 Å². The van der Waals surface area contributed by atoms with Gasteiger partial charge in [-0.1, -0.05) is 32.3 Å². The first-order valence-corrected chi connectivity index (χ1v) is 6.06. The Kier molecular flexibility index (Phi) is 9.34. The first-order chi connectivity index (χ1) is 8.10. The molecule has 0 bridgehead atoms. The van der Waals surface area contributed by atoms with Crippen LogP contribution in [0.4, 0.5) is 0 Å². The van der Waals surface area contributed by atoms with Crippen LogP contribution in [0.25, 0.3) is 0 Å². The predicted molar refractivity (Wildman–Crippen MR) is 65.5 cm³/mol. The molecular formula is C13H22O4. The van der Waals surface area contributed by atoms with Crippen molar-refractivity contribution in [2.45, 2.75) is 51.6 Å². The molecule has 0 amide bonds. The second kappa shape index (κ2) is 10.0.